The van der Waals surface area contributed by atoms with Crippen LogP contribution in [0.3, 0.4) is 0 Å². The molecule has 0 aromatic heterocycles. The number of rotatable bonds is 8. The molecule has 1 saturated heterocycles. The lowest BCUT2D eigenvalue weighted by atomic mass is 10.2. The van der Waals surface area contributed by atoms with E-state index in [-0.39, 0.29) is 24.0 Å². The number of hydrogen-bond donors (Lipinski definition) is 2. The maximum Gasteiger partial charge on any atom is 0.188 e. The lowest BCUT2D eigenvalue weighted by molar-refractivity contribution is 0.273. The second kappa shape index (κ2) is 12.1. The van der Waals surface area contributed by atoms with Gasteiger partial charge in [-0.05, 0) is 50.8 Å². The summed E-state index contributed by atoms with van der Waals surface area (Å²) in [6, 6.07) is 0.604. The minimum atomic E-state index is 0. The largest absolute Gasteiger partial charge is 0.370 e. The molecule has 0 radical (unpaired) electrons. The van der Waals surface area contributed by atoms with Crippen LogP contribution in [0.4, 0.5) is 0 Å². The van der Waals surface area contributed by atoms with E-state index in [0.29, 0.717) is 12.0 Å². The van der Waals surface area contributed by atoms with E-state index in [9.17, 15) is 0 Å². The maximum absolute atomic E-state index is 5.87. The number of aliphatic imine (C=N–C) groups is 1. The van der Waals surface area contributed by atoms with Crippen molar-refractivity contribution in [1.29, 1.82) is 0 Å². The van der Waals surface area contributed by atoms with Crippen molar-refractivity contribution in [1.82, 2.24) is 10.2 Å². The third kappa shape index (κ3) is 8.24. The number of likely N-dealkylation sites (N-methyl/N-ethyl adjacent to an activating group) is 1. The van der Waals surface area contributed by atoms with Gasteiger partial charge in [0.15, 0.2) is 5.96 Å². The first-order valence-corrected chi connectivity index (χ1v) is 8.44. The van der Waals surface area contributed by atoms with Gasteiger partial charge < -0.3 is 11.1 Å². The van der Waals surface area contributed by atoms with E-state index in [1.165, 1.54) is 38.0 Å². The smallest absolute Gasteiger partial charge is 0.188 e. The number of halogens is 1. The summed E-state index contributed by atoms with van der Waals surface area (Å²) in [6.45, 7) is 6.35. The first kappa shape index (κ1) is 19.3. The van der Waals surface area contributed by atoms with Crippen molar-refractivity contribution in [3.63, 3.8) is 0 Å². The summed E-state index contributed by atoms with van der Waals surface area (Å²) < 4.78 is 0. The van der Waals surface area contributed by atoms with E-state index in [0.717, 1.165) is 19.6 Å². The van der Waals surface area contributed by atoms with E-state index in [1.54, 1.807) is 0 Å². The van der Waals surface area contributed by atoms with Crippen LogP contribution in [0.15, 0.2) is 4.99 Å². The fraction of sp³-hybridized carbons (Fsp3) is 0.923. The number of nitrogens with zero attached hydrogens (tertiary/aromatic N) is 2. The number of unbranched alkanes of at least 4 members (excludes halogenated alkanes) is 1. The van der Waals surface area contributed by atoms with Gasteiger partial charge in [0.05, 0.1) is 6.54 Å². The van der Waals surface area contributed by atoms with Crippen LogP contribution in [0.25, 0.3) is 0 Å². The Labute approximate surface area is 139 Å². The Morgan fingerprint density at radius 2 is 2.26 bits per heavy atom. The topological polar surface area (TPSA) is 53.6 Å². The molecule has 1 aliphatic heterocycles. The molecule has 1 unspecified atom stereocenters. The Bertz CT molecular complexity index is 251. The molecule has 1 fully saturated rings. The number of thioether (sulfide) groups is 1. The number of likely N-dealkylation sites (tertiary alicyclic amines) is 1. The maximum atomic E-state index is 5.87. The molecule has 0 aromatic carbocycles. The molecule has 1 rings (SSSR count). The van der Waals surface area contributed by atoms with Crippen molar-refractivity contribution in [2.24, 2.45) is 10.7 Å². The van der Waals surface area contributed by atoms with E-state index in [1.807, 2.05) is 11.8 Å². The molecule has 0 amide bonds. The van der Waals surface area contributed by atoms with Crippen LogP contribution in [-0.2, 0) is 0 Å². The van der Waals surface area contributed by atoms with Gasteiger partial charge in [-0.1, -0.05) is 6.92 Å². The molecule has 19 heavy (non-hydrogen) atoms. The van der Waals surface area contributed by atoms with Crippen molar-refractivity contribution in [2.75, 3.05) is 38.2 Å². The van der Waals surface area contributed by atoms with E-state index < -0.39 is 0 Å². The number of nitrogens with one attached hydrogen (secondary N) is 1. The molecule has 1 atom stereocenters. The fourth-order valence-corrected chi connectivity index (χ4v) is 2.86. The van der Waals surface area contributed by atoms with Crippen LogP contribution in [-0.4, -0.2) is 55.1 Å². The van der Waals surface area contributed by atoms with Crippen molar-refractivity contribution >= 4 is 41.7 Å². The minimum Gasteiger partial charge on any atom is -0.370 e. The van der Waals surface area contributed by atoms with E-state index >= 15 is 0 Å². The molecule has 0 aromatic rings. The van der Waals surface area contributed by atoms with Crippen LogP contribution in [0, 0.1) is 0 Å². The fourth-order valence-electron chi connectivity index (χ4n) is 2.37. The second-order valence-corrected chi connectivity index (χ2v) is 5.76. The number of guanidine groups is 1. The molecule has 4 nitrogen and oxygen atoms in total. The zero-order valence-corrected chi connectivity index (χ0v) is 15.4. The zero-order chi connectivity index (χ0) is 13.2. The Morgan fingerprint density at radius 1 is 1.47 bits per heavy atom. The average Bonchev–Trinajstić information content (AvgIpc) is 2.83. The summed E-state index contributed by atoms with van der Waals surface area (Å²) in [7, 11) is 0. The normalized spacial score (nSPS) is 20.3. The van der Waals surface area contributed by atoms with Crippen molar-refractivity contribution in [3.8, 4) is 0 Å². The molecule has 0 spiro atoms. The van der Waals surface area contributed by atoms with Crippen molar-refractivity contribution in [2.45, 2.75) is 38.6 Å². The lowest BCUT2D eigenvalue weighted by Gasteiger charge is -2.20. The second-order valence-electron chi connectivity index (χ2n) is 4.78. The molecular formula is C13H29IN4S. The van der Waals surface area contributed by atoms with Gasteiger partial charge in [-0.15, -0.1) is 24.0 Å². The summed E-state index contributed by atoms with van der Waals surface area (Å²) in [6.07, 6.45) is 7.12. The number of nitrogens with two attached hydrogens (primary N) is 1. The molecule has 0 bridgehead atoms. The van der Waals surface area contributed by atoms with Gasteiger partial charge in [0.2, 0.25) is 0 Å². The molecule has 1 heterocycles. The summed E-state index contributed by atoms with van der Waals surface area (Å²) in [5.41, 5.74) is 5.87. The van der Waals surface area contributed by atoms with Crippen LogP contribution < -0.4 is 11.1 Å². The summed E-state index contributed by atoms with van der Waals surface area (Å²) in [5, 5.41) is 3.20. The lowest BCUT2D eigenvalue weighted by Crippen LogP contribution is -2.36. The third-order valence-electron chi connectivity index (χ3n) is 3.46. The van der Waals surface area contributed by atoms with E-state index in [4.69, 9.17) is 5.73 Å². The number of hydrogen-bond acceptors (Lipinski definition) is 3. The van der Waals surface area contributed by atoms with Gasteiger partial charge >= 0.3 is 0 Å². The first-order valence-electron chi connectivity index (χ1n) is 7.04. The monoisotopic (exact) mass is 400 g/mol. The standard InChI is InChI=1S/C13H28N4S.HI/c1-3-17-9-6-7-12(17)11-16-13(14)15-8-4-5-10-18-2;/h12H,3-11H2,1-2H3,(H3,14,15,16);1H. The Kier molecular flexibility index (Phi) is 12.3. The quantitative estimate of drug-likeness (QED) is 0.284. The summed E-state index contributed by atoms with van der Waals surface area (Å²) >= 11 is 1.90. The first-order chi connectivity index (χ1) is 8.77. The van der Waals surface area contributed by atoms with Gasteiger partial charge in [-0.3, -0.25) is 9.89 Å². The van der Waals surface area contributed by atoms with Crippen LogP contribution >= 0.6 is 35.7 Å². The molecule has 1 aliphatic rings. The summed E-state index contributed by atoms with van der Waals surface area (Å²) in [5.74, 6) is 1.84. The molecule has 6 heteroatoms. The van der Waals surface area contributed by atoms with Crippen LogP contribution in [0.5, 0.6) is 0 Å². The molecule has 114 valence electrons. The highest BCUT2D eigenvalue weighted by molar-refractivity contribution is 14.0. The third-order valence-corrected chi connectivity index (χ3v) is 4.16. The predicted octanol–water partition coefficient (Wildman–Crippen LogP) is 2.14. The molecule has 0 aliphatic carbocycles. The Balaban J connectivity index is 0.00000324. The molecular weight excluding hydrogens is 371 g/mol. The predicted molar refractivity (Wildman–Crippen MR) is 97.8 cm³/mol. The van der Waals surface area contributed by atoms with Crippen molar-refractivity contribution < 1.29 is 0 Å². The minimum absolute atomic E-state index is 0. The highest BCUT2D eigenvalue weighted by Gasteiger charge is 2.22. The Morgan fingerprint density at radius 3 is 2.95 bits per heavy atom. The molecule has 3 N–H and O–H groups in total. The average molecular weight is 400 g/mol. The van der Waals surface area contributed by atoms with E-state index in [2.05, 4.69) is 28.4 Å². The summed E-state index contributed by atoms with van der Waals surface area (Å²) in [4.78, 5) is 6.95. The van der Waals surface area contributed by atoms with Crippen LogP contribution in [0.1, 0.15) is 32.6 Å². The van der Waals surface area contributed by atoms with Gasteiger partial charge in [-0.2, -0.15) is 11.8 Å². The Hall–Kier alpha value is 0.310. The van der Waals surface area contributed by atoms with Gasteiger partial charge in [-0.25, -0.2) is 0 Å². The van der Waals surface area contributed by atoms with Gasteiger partial charge in [0.1, 0.15) is 0 Å². The van der Waals surface area contributed by atoms with Gasteiger partial charge in [0.25, 0.3) is 0 Å². The highest BCUT2D eigenvalue weighted by atomic mass is 127. The van der Waals surface area contributed by atoms with Crippen molar-refractivity contribution in [3.05, 3.63) is 0 Å². The molecule has 0 saturated carbocycles. The zero-order valence-electron chi connectivity index (χ0n) is 12.2. The van der Waals surface area contributed by atoms with Crippen LogP contribution in [0.2, 0.25) is 0 Å². The highest BCUT2D eigenvalue weighted by Crippen LogP contribution is 2.16. The van der Waals surface area contributed by atoms with Gasteiger partial charge in [0, 0.05) is 12.6 Å². The SMILES string of the molecule is CCN1CCCC1CN=C(N)NCCCCSC.I.